The minimum atomic E-state index is -0.809. The highest BCUT2D eigenvalue weighted by Crippen LogP contribution is 2.31. The van der Waals surface area contributed by atoms with Gasteiger partial charge in [-0.25, -0.2) is 0 Å². The van der Waals surface area contributed by atoms with Crippen molar-refractivity contribution in [2.24, 2.45) is 5.92 Å². The zero-order chi connectivity index (χ0) is 15.5. The van der Waals surface area contributed by atoms with E-state index in [1.54, 1.807) is 12.1 Å². The average molecular weight is 293 g/mol. The van der Waals surface area contributed by atoms with Crippen LogP contribution in [0.3, 0.4) is 0 Å². The number of ether oxygens (including phenoxy) is 1. The van der Waals surface area contributed by atoms with Crippen molar-refractivity contribution < 1.29 is 19.7 Å². The number of rotatable bonds is 4. The first-order valence-corrected chi connectivity index (χ1v) is 7.31. The number of phenolic OH excluding ortho intramolecular Hbond substituents is 1. The van der Waals surface area contributed by atoms with Crippen LogP contribution >= 0.6 is 0 Å². The van der Waals surface area contributed by atoms with Gasteiger partial charge in [0.15, 0.2) is 11.5 Å². The molecule has 1 amide bonds. The van der Waals surface area contributed by atoms with E-state index in [-0.39, 0.29) is 18.2 Å². The number of carbonyl (C=O) groups is 1. The first kappa shape index (κ1) is 15.6. The summed E-state index contributed by atoms with van der Waals surface area (Å²) in [5.74, 6) is 0.585. The average Bonchev–Trinajstić information content (AvgIpc) is 2.48. The third-order valence-electron chi connectivity index (χ3n) is 4.22. The van der Waals surface area contributed by atoms with Gasteiger partial charge in [-0.1, -0.05) is 6.92 Å². The maximum atomic E-state index is 12.1. The van der Waals surface area contributed by atoms with Crippen molar-refractivity contribution in [2.45, 2.75) is 38.2 Å². The summed E-state index contributed by atoms with van der Waals surface area (Å²) >= 11 is 0. The Bertz CT molecular complexity index is 507. The molecule has 0 bridgehead atoms. The van der Waals surface area contributed by atoms with Gasteiger partial charge in [-0.2, -0.15) is 0 Å². The van der Waals surface area contributed by atoms with E-state index in [1.165, 1.54) is 13.2 Å². The molecule has 0 saturated heterocycles. The van der Waals surface area contributed by atoms with Crippen molar-refractivity contribution in [1.82, 2.24) is 5.32 Å². The number of methoxy groups -OCH3 is 1. The molecule has 0 radical (unpaired) electrons. The summed E-state index contributed by atoms with van der Waals surface area (Å²) < 4.78 is 4.94. The van der Waals surface area contributed by atoms with Crippen LogP contribution in [0.25, 0.3) is 0 Å². The van der Waals surface area contributed by atoms with Crippen LogP contribution in [0, 0.1) is 5.92 Å². The Morgan fingerprint density at radius 3 is 2.67 bits per heavy atom. The second-order valence-corrected chi connectivity index (χ2v) is 5.98. The van der Waals surface area contributed by atoms with Gasteiger partial charge in [-0.15, -0.1) is 0 Å². The molecule has 1 aromatic rings. The van der Waals surface area contributed by atoms with Gasteiger partial charge in [0.2, 0.25) is 0 Å². The third-order valence-corrected chi connectivity index (χ3v) is 4.22. The number of hydrogen-bond donors (Lipinski definition) is 3. The Morgan fingerprint density at radius 2 is 2.10 bits per heavy atom. The fourth-order valence-corrected chi connectivity index (χ4v) is 2.65. The topological polar surface area (TPSA) is 78.8 Å². The summed E-state index contributed by atoms with van der Waals surface area (Å²) in [7, 11) is 1.45. The number of nitrogens with one attached hydrogen (secondary N) is 1. The summed E-state index contributed by atoms with van der Waals surface area (Å²) in [6.45, 7) is 2.42. The molecule has 1 aromatic carbocycles. The lowest BCUT2D eigenvalue weighted by Gasteiger charge is -2.34. The number of carbonyl (C=O) groups excluding carboxylic acids is 1. The zero-order valence-corrected chi connectivity index (χ0v) is 12.6. The normalized spacial score (nSPS) is 25.4. The second-order valence-electron chi connectivity index (χ2n) is 5.98. The molecule has 0 spiro atoms. The van der Waals surface area contributed by atoms with E-state index in [4.69, 9.17) is 4.74 Å². The van der Waals surface area contributed by atoms with E-state index in [2.05, 4.69) is 12.2 Å². The lowest BCUT2D eigenvalue weighted by Crippen LogP contribution is -2.45. The number of phenols is 1. The quantitative estimate of drug-likeness (QED) is 0.794. The van der Waals surface area contributed by atoms with Gasteiger partial charge in [0, 0.05) is 12.1 Å². The monoisotopic (exact) mass is 293 g/mol. The maximum Gasteiger partial charge on any atom is 0.251 e. The Morgan fingerprint density at radius 1 is 1.43 bits per heavy atom. The summed E-state index contributed by atoms with van der Waals surface area (Å²) in [6, 6.07) is 4.49. The lowest BCUT2D eigenvalue weighted by molar-refractivity contribution is -0.00540. The fourth-order valence-electron chi connectivity index (χ4n) is 2.65. The van der Waals surface area contributed by atoms with E-state index in [1.807, 2.05) is 0 Å². The highest BCUT2D eigenvalue weighted by molar-refractivity contribution is 5.94. The molecule has 1 aliphatic rings. The Hall–Kier alpha value is -1.75. The van der Waals surface area contributed by atoms with Crippen LogP contribution in [-0.2, 0) is 0 Å². The van der Waals surface area contributed by atoms with Crippen LogP contribution in [0.2, 0.25) is 0 Å². The third kappa shape index (κ3) is 3.88. The molecule has 0 aromatic heterocycles. The van der Waals surface area contributed by atoms with Gasteiger partial charge < -0.3 is 20.3 Å². The standard InChI is InChI=1S/C16H23NO4/c1-11-5-7-16(20,8-6-11)10-17-15(19)12-3-4-14(21-2)13(18)9-12/h3-4,9,11,18,20H,5-8,10H2,1-2H3,(H,17,19). The van der Waals surface area contributed by atoms with Gasteiger partial charge in [0.1, 0.15) is 0 Å². The number of aliphatic hydroxyl groups is 1. The highest BCUT2D eigenvalue weighted by Gasteiger charge is 2.32. The van der Waals surface area contributed by atoms with Crippen LogP contribution in [0.5, 0.6) is 11.5 Å². The summed E-state index contributed by atoms with van der Waals surface area (Å²) in [5, 5.41) is 22.9. The highest BCUT2D eigenvalue weighted by atomic mass is 16.5. The number of hydrogen-bond acceptors (Lipinski definition) is 4. The molecule has 1 fully saturated rings. The van der Waals surface area contributed by atoms with Crippen molar-refractivity contribution in [1.29, 1.82) is 0 Å². The molecule has 3 N–H and O–H groups in total. The van der Waals surface area contributed by atoms with E-state index >= 15 is 0 Å². The summed E-state index contributed by atoms with van der Waals surface area (Å²) in [6.07, 6.45) is 3.38. The molecule has 21 heavy (non-hydrogen) atoms. The predicted molar refractivity (Wildman–Crippen MR) is 79.6 cm³/mol. The summed E-state index contributed by atoms with van der Waals surface area (Å²) in [4.78, 5) is 12.1. The van der Waals surface area contributed by atoms with Gasteiger partial charge in [0.25, 0.3) is 5.91 Å². The molecule has 5 nitrogen and oxygen atoms in total. The van der Waals surface area contributed by atoms with Gasteiger partial charge in [-0.3, -0.25) is 4.79 Å². The second kappa shape index (κ2) is 6.35. The number of amides is 1. The molecule has 0 aliphatic heterocycles. The lowest BCUT2D eigenvalue weighted by atomic mass is 9.79. The smallest absolute Gasteiger partial charge is 0.251 e. The van der Waals surface area contributed by atoms with Crippen LogP contribution < -0.4 is 10.1 Å². The maximum absolute atomic E-state index is 12.1. The fraction of sp³-hybridized carbons (Fsp3) is 0.562. The molecule has 5 heteroatoms. The SMILES string of the molecule is COc1ccc(C(=O)NCC2(O)CCC(C)CC2)cc1O. The van der Waals surface area contributed by atoms with Crippen molar-refractivity contribution in [2.75, 3.05) is 13.7 Å². The molecule has 1 aliphatic carbocycles. The first-order chi connectivity index (χ1) is 9.93. The Kier molecular flexibility index (Phi) is 4.73. The Balaban J connectivity index is 1.94. The summed E-state index contributed by atoms with van der Waals surface area (Å²) in [5.41, 5.74) is -0.461. The van der Waals surface area contributed by atoms with E-state index in [0.29, 0.717) is 30.1 Å². The van der Waals surface area contributed by atoms with E-state index in [0.717, 1.165) is 12.8 Å². The molecular formula is C16H23NO4. The number of benzene rings is 1. The van der Waals surface area contributed by atoms with Crippen molar-refractivity contribution in [3.63, 3.8) is 0 Å². The van der Waals surface area contributed by atoms with E-state index in [9.17, 15) is 15.0 Å². The van der Waals surface area contributed by atoms with Gasteiger partial charge >= 0.3 is 0 Å². The van der Waals surface area contributed by atoms with E-state index < -0.39 is 5.60 Å². The molecule has 0 atom stereocenters. The molecule has 2 rings (SSSR count). The van der Waals surface area contributed by atoms with Crippen LogP contribution in [0.4, 0.5) is 0 Å². The largest absolute Gasteiger partial charge is 0.504 e. The predicted octanol–water partition coefficient (Wildman–Crippen LogP) is 2.07. The first-order valence-electron chi connectivity index (χ1n) is 7.31. The van der Waals surface area contributed by atoms with Gasteiger partial charge in [-0.05, 0) is 49.8 Å². The molecule has 1 saturated carbocycles. The molecule has 0 unspecified atom stereocenters. The number of aromatic hydroxyl groups is 1. The molecule has 116 valence electrons. The van der Waals surface area contributed by atoms with Crippen molar-refractivity contribution in [3.8, 4) is 11.5 Å². The van der Waals surface area contributed by atoms with Crippen molar-refractivity contribution >= 4 is 5.91 Å². The van der Waals surface area contributed by atoms with Gasteiger partial charge in [0.05, 0.1) is 12.7 Å². The molecular weight excluding hydrogens is 270 g/mol. The van der Waals surface area contributed by atoms with Crippen LogP contribution in [0.15, 0.2) is 18.2 Å². The van der Waals surface area contributed by atoms with Crippen LogP contribution in [0.1, 0.15) is 43.0 Å². The minimum Gasteiger partial charge on any atom is -0.504 e. The van der Waals surface area contributed by atoms with Crippen molar-refractivity contribution in [3.05, 3.63) is 23.8 Å². The molecule has 0 heterocycles. The Labute approximate surface area is 124 Å². The zero-order valence-electron chi connectivity index (χ0n) is 12.6. The minimum absolute atomic E-state index is 0.0737. The van der Waals surface area contributed by atoms with Crippen LogP contribution in [-0.4, -0.2) is 35.4 Å².